The molecule has 3 heterocycles. The lowest BCUT2D eigenvalue weighted by Crippen LogP contribution is -2.44. The van der Waals surface area contributed by atoms with E-state index in [2.05, 4.69) is 10.3 Å². The molecule has 0 radical (unpaired) electrons. The van der Waals surface area contributed by atoms with Crippen LogP contribution in [0.5, 0.6) is 0 Å². The van der Waals surface area contributed by atoms with Crippen molar-refractivity contribution in [2.75, 3.05) is 29.6 Å². The molecule has 11 heteroatoms. The highest BCUT2D eigenvalue weighted by molar-refractivity contribution is 6.31. The highest BCUT2D eigenvalue weighted by Crippen LogP contribution is 2.46. The van der Waals surface area contributed by atoms with Crippen LogP contribution >= 0.6 is 11.6 Å². The Bertz CT molecular complexity index is 1730. The van der Waals surface area contributed by atoms with Crippen LogP contribution in [0.2, 0.25) is 5.02 Å². The highest BCUT2D eigenvalue weighted by Gasteiger charge is 2.52. The maximum atomic E-state index is 14.0. The SMILES string of the molecule is C[C@@H](/C=C/CCn1cc(C(CO)c2ccccc2)nn1)[C@]1(O)C(=O)N(Cc2cccc(N3CCOC3=O)c2)c2ccc(Cl)cc21. The first-order chi connectivity index (χ1) is 21.8. The Morgan fingerprint density at radius 2 is 1.91 bits per heavy atom. The number of hydrogen-bond donors (Lipinski definition) is 2. The van der Waals surface area contributed by atoms with Crippen molar-refractivity contribution in [3.05, 3.63) is 119 Å². The third-order valence-corrected chi connectivity index (χ3v) is 8.70. The van der Waals surface area contributed by atoms with Gasteiger partial charge in [0.2, 0.25) is 0 Å². The zero-order valence-corrected chi connectivity index (χ0v) is 25.5. The topological polar surface area (TPSA) is 121 Å². The molecule has 232 valence electrons. The molecule has 10 nitrogen and oxygen atoms in total. The van der Waals surface area contributed by atoms with E-state index in [1.54, 1.807) is 32.7 Å². The van der Waals surface area contributed by atoms with E-state index in [0.717, 1.165) is 11.1 Å². The van der Waals surface area contributed by atoms with Crippen LogP contribution in [0.1, 0.15) is 41.6 Å². The number of anilines is 2. The number of aliphatic hydroxyl groups excluding tert-OH is 1. The number of carbonyl (C=O) groups is 2. The molecule has 2 aliphatic rings. The molecule has 2 N–H and O–H groups in total. The molecule has 0 spiro atoms. The number of hydrogen-bond acceptors (Lipinski definition) is 7. The molecular formula is C34H34ClN5O5. The third-order valence-electron chi connectivity index (χ3n) is 8.46. The number of rotatable bonds is 11. The zero-order chi connectivity index (χ0) is 31.6. The first-order valence-electron chi connectivity index (χ1n) is 14.9. The minimum absolute atomic E-state index is 0.0756. The van der Waals surface area contributed by atoms with Gasteiger partial charge in [-0.2, -0.15) is 0 Å². The number of amides is 2. The molecule has 2 aliphatic heterocycles. The fraction of sp³-hybridized carbons (Fsp3) is 0.294. The second kappa shape index (κ2) is 12.8. The van der Waals surface area contributed by atoms with E-state index in [4.69, 9.17) is 16.3 Å². The normalized spacial score (nSPS) is 19.3. The second-order valence-electron chi connectivity index (χ2n) is 11.3. The van der Waals surface area contributed by atoms with E-state index in [-0.39, 0.29) is 19.1 Å². The molecule has 2 amide bonds. The lowest BCUT2D eigenvalue weighted by atomic mass is 9.83. The van der Waals surface area contributed by atoms with Gasteiger partial charge in [-0.15, -0.1) is 5.10 Å². The molecule has 6 rings (SSSR count). The van der Waals surface area contributed by atoms with Gasteiger partial charge in [-0.1, -0.05) is 78.4 Å². The fourth-order valence-electron chi connectivity index (χ4n) is 5.99. The summed E-state index contributed by atoms with van der Waals surface area (Å²) in [4.78, 5) is 29.2. The minimum Gasteiger partial charge on any atom is -0.447 e. The Morgan fingerprint density at radius 3 is 2.67 bits per heavy atom. The van der Waals surface area contributed by atoms with Crippen LogP contribution in [0.3, 0.4) is 0 Å². The molecule has 1 saturated heterocycles. The molecular weight excluding hydrogens is 594 g/mol. The summed E-state index contributed by atoms with van der Waals surface area (Å²) in [5.74, 6) is -1.27. The van der Waals surface area contributed by atoms with Crippen molar-refractivity contribution in [2.45, 2.75) is 38.0 Å². The summed E-state index contributed by atoms with van der Waals surface area (Å²) >= 11 is 6.35. The predicted octanol–water partition coefficient (Wildman–Crippen LogP) is 5.03. The van der Waals surface area contributed by atoms with Crippen LogP contribution in [-0.2, 0) is 28.2 Å². The number of aryl methyl sites for hydroxylation is 1. The molecule has 1 unspecified atom stereocenters. The first kappa shape index (κ1) is 30.5. The number of aliphatic hydroxyl groups is 2. The molecule has 4 aromatic rings. The molecule has 0 aliphatic carbocycles. The number of carbonyl (C=O) groups excluding carboxylic acids is 2. The van der Waals surface area contributed by atoms with Gasteiger partial charge in [0.25, 0.3) is 5.91 Å². The summed E-state index contributed by atoms with van der Waals surface area (Å²) in [6.07, 6.45) is 5.78. The molecule has 1 aromatic heterocycles. The van der Waals surface area contributed by atoms with Gasteiger partial charge >= 0.3 is 6.09 Å². The van der Waals surface area contributed by atoms with Crippen molar-refractivity contribution < 1.29 is 24.5 Å². The number of benzene rings is 3. The smallest absolute Gasteiger partial charge is 0.414 e. The van der Waals surface area contributed by atoms with Gasteiger partial charge < -0.3 is 19.8 Å². The number of nitrogens with zero attached hydrogens (tertiary/aromatic N) is 5. The predicted molar refractivity (Wildman–Crippen MR) is 170 cm³/mol. The van der Waals surface area contributed by atoms with Gasteiger partial charge in [-0.25, -0.2) is 4.79 Å². The Hall–Kier alpha value is -4.51. The van der Waals surface area contributed by atoms with Crippen molar-refractivity contribution in [2.24, 2.45) is 5.92 Å². The van der Waals surface area contributed by atoms with Crippen molar-refractivity contribution >= 4 is 35.0 Å². The maximum absolute atomic E-state index is 14.0. The lowest BCUT2D eigenvalue weighted by molar-refractivity contribution is -0.139. The van der Waals surface area contributed by atoms with Crippen molar-refractivity contribution in [1.29, 1.82) is 0 Å². The van der Waals surface area contributed by atoms with Gasteiger partial charge in [0, 0.05) is 34.9 Å². The highest BCUT2D eigenvalue weighted by atomic mass is 35.5. The van der Waals surface area contributed by atoms with Gasteiger partial charge in [0.1, 0.15) is 6.61 Å². The van der Waals surface area contributed by atoms with Crippen molar-refractivity contribution in [3.63, 3.8) is 0 Å². The summed E-state index contributed by atoms with van der Waals surface area (Å²) in [7, 11) is 0. The van der Waals surface area contributed by atoms with Gasteiger partial charge in [-0.05, 0) is 47.9 Å². The van der Waals surface area contributed by atoms with E-state index < -0.39 is 23.5 Å². The maximum Gasteiger partial charge on any atom is 0.414 e. The van der Waals surface area contributed by atoms with E-state index in [1.807, 2.05) is 79.9 Å². The monoisotopic (exact) mass is 627 g/mol. The van der Waals surface area contributed by atoms with Crippen LogP contribution < -0.4 is 9.80 Å². The number of ether oxygens (including phenoxy) is 1. The van der Waals surface area contributed by atoms with Gasteiger partial charge in [-0.3, -0.25) is 14.4 Å². The summed E-state index contributed by atoms with van der Waals surface area (Å²) in [6.45, 7) is 3.26. The second-order valence-corrected chi connectivity index (χ2v) is 11.7. The quantitative estimate of drug-likeness (QED) is 0.224. The van der Waals surface area contributed by atoms with Gasteiger partial charge in [0.05, 0.1) is 37.0 Å². The minimum atomic E-state index is -1.82. The fourth-order valence-corrected chi connectivity index (χ4v) is 6.17. The van der Waals surface area contributed by atoms with Crippen molar-refractivity contribution in [3.8, 4) is 0 Å². The largest absolute Gasteiger partial charge is 0.447 e. The van der Waals surface area contributed by atoms with Crippen LogP contribution in [0.25, 0.3) is 0 Å². The summed E-state index contributed by atoms with van der Waals surface area (Å²) in [6, 6.07) is 22.2. The molecule has 1 fully saturated rings. The van der Waals surface area contributed by atoms with Crippen LogP contribution in [0.4, 0.5) is 16.2 Å². The number of halogens is 1. The molecule has 45 heavy (non-hydrogen) atoms. The zero-order valence-electron chi connectivity index (χ0n) is 24.8. The summed E-state index contributed by atoms with van der Waals surface area (Å²) in [5.41, 5.74) is 2.36. The van der Waals surface area contributed by atoms with E-state index in [0.29, 0.717) is 53.8 Å². The van der Waals surface area contributed by atoms with Crippen LogP contribution in [-0.4, -0.2) is 57.0 Å². The van der Waals surface area contributed by atoms with Crippen molar-refractivity contribution in [1.82, 2.24) is 15.0 Å². The molecule has 0 saturated carbocycles. The van der Waals surface area contributed by atoms with E-state index in [9.17, 15) is 19.8 Å². The van der Waals surface area contributed by atoms with E-state index in [1.165, 1.54) is 0 Å². The average molecular weight is 628 g/mol. The summed E-state index contributed by atoms with van der Waals surface area (Å²) < 4.78 is 6.79. The number of cyclic esters (lactones) is 1. The van der Waals surface area contributed by atoms with Crippen LogP contribution in [0, 0.1) is 5.92 Å². The Morgan fingerprint density at radius 1 is 1.09 bits per heavy atom. The Labute approximate surface area is 266 Å². The van der Waals surface area contributed by atoms with E-state index >= 15 is 0 Å². The average Bonchev–Trinajstić information content (AvgIpc) is 3.75. The number of allylic oxidation sites excluding steroid dienone is 1. The Kier molecular flexibility index (Phi) is 8.71. The first-order valence-corrected chi connectivity index (χ1v) is 15.3. The Balaban J connectivity index is 1.16. The number of fused-ring (bicyclic) bond motifs is 1. The molecule has 0 bridgehead atoms. The van der Waals surface area contributed by atoms with Crippen LogP contribution in [0.15, 0.2) is 91.1 Å². The standard InChI is InChI=1S/C34H34ClN5O5/c1-23(8-5-6-15-38-21-30(36-37-38)28(22-41)25-10-3-2-4-11-25)34(44)29-19-26(35)13-14-31(29)40(32(34)42)20-24-9-7-12-27(18-24)39-16-17-45-33(39)43/h2-5,7-14,18-19,21,23,28,41,44H,6,15-17,20,22H2,1H3/b8-5+/t23-,28?,34+/m0/s1. The summed E-state index contributed by atoms with van der Waals surface area (Å²) in [5, 5.41) is 30.9. The molecule has 3 aromatic carbocycles. The lowest BCUT2D eigenvalue weighted by Gasteiger charge is -2.28. The number of aromatic nitrogens is 3. The van der Waals surface area contributed by atoms with Gasteiger partial charge in [0.15, 0.2) is 5.60 Å². The molecule has 3 atom stereocenters. The third kappa shape index (κ3) is 5.96.